The van der Waals surface area contributed by atoms with Gasteiger partial charge in [0.05, 0.1) is 5.69 Å². The van der Waals surface area contributed by atoms with E-state index in [9.17, 15) is 4.39 Å². The Kier molecular flexibility index (Phi) is 6.21. The van der Waals surface area contributed by atoms with Crippen LogP contribution in [0.4, 0.5) is 4.39 Å². The second-order valence-corrected chi connectivity index (χ2v) is 6.04. The highest BCUT2D eigenvalue weighted by molar-refractivity contribution is 7.99. The van der Waals surface area contributed by atoms with Gasteiger partial charge in [-0.2, -0.15) is 0 Å². The second-order valence-electron chi connectivity index (χ2n) is 4.89. The Labute approximate surface area is 130 Å². The van der Waals surface area contributed by atoms with Crippen LogP contribution in [0.3, 0.4) is 0 Å². The number of halogens is 1. The average molecular weight is 304 g/mol. The number of nitrogens with zero attached hydrogens (tertiary/aromatic N) is 1. The van der Waals surface area contributed by atoms with Crippen molar-refractivity contribution in [2.75, 3.05) is 6.54 Å². The molecule has 1 aromatic carbocycles. The molecular weight excluding hydrogens is 283 g/mol. The molecule has 0 aliphatic heterocycles. The van der Waals surface area contributed by atoms with E-state index in [2.05, 4.69) is 30.2 Å². The summed E-state index contributed by atoms with van der Waals surface area (Å²) in [6.45, 7) is 5.32. The van der Waals surface area contributed by atoms with Crippen molar-refractivity contribution in [1.29, 1.82) is 0 Å². The van der Waals surface area contributed by atoms with E-state index in [1.54, 1.807) is 6.07 Å². The Morgan fingerprint density at radius 2 is 2.05 bits per heavy atom. The summed E-state index contributed by atoms with van der Waals surface area (Å²) in [5.41, 5.74) is 1.06. The van der Waals surface area contributed by atoms with Crippen LogP contribution < -0.4 is 5.32 Å². The van der Waals surface area contributed by atoms with Crippen molar-refractivity contribution in [2.45, 2.75) is 42.5 Å². The Morgan fingerprint density at radius 1 is 1.19 bits per heavy atom. The van der Waals surface area contributed by atoms with Crippen LogP contribution in [0.2, 0.25) is 0 Å². The second kappa shape index (κ2) is 8.15. The van der Waals surface area contributed by atoms with Gasteiger partial charge in [0.15, 0.2) is 0 Å². The summed E-state index contributed by atoms with van der Waals surface area (Å²) in [4.78, 5) is 6.46. The molecule has 1 unspecified atom stereocenters. The molecule has 1 atom stereocenters. The van der Waals surface area contributed by atoms with Crippen molar-refractivity contribution in [3.05, 3.63) is 54.1 Å². The fourth-order valence-electron chi connectivity index (χ4n) is 2.10. The first-order valence-corrected chi connectivity index (χ1v) is 8.17. The Hall–Kier alpha value is -1.39. The largest absolute Gasteiger partial charge is 0.309 e. The van der Waals surface area contributed by atoms with Crippen molar-refractivity contribution in [1.82, 2.24) is 10.3 Å². The Bertz CT molecular complexity index is 557. The van der Waals surface area contributed by atoms with E-state index in [0.29, 0.717) is 6.04 Å². The monoisotopic (exact) mass is 304 g/mol. The number of hydrogen-bond donors (Lipinski definition) is 1. The number of hydrogen-bond acceptors (Lipinski definition) is 3. The molecule has 4 heteroatoms. The summed E-state index contributed by atoms with van der Waals surface area (Å²) in [5, 5.41) is 3.49. The maximum atomic E-state index is 13.2. The van der Waals surface area contributed by atoms with Crippen LogP contribution in [0.5, 0.6) is 0 Å². The minimum absolute atomic E-state index is 0.209. The smallest absolute Gasteiger partial charge is 0.124 e. The molecule has 0 spiro atoms. The summed E-state index contributed by atoms with van der Waals surface area (Å²) in [5.74, 6) is -0.209. The van der Waals surface area contributed by atoms with E-state index in [1.807, 2.05) is 18.3 Å². The van der Waals surface area contributed by atoms with Crippen molar-refractivity contribution >= 4 is 11.8 Å². The third-order valence-electron chi connectivity index (χ3n) is 3.20. The van der Waals surface area contributed by atoms with Crippen molar-refractivity contribution in [3.63, 3.8) is 0 Å². The van der Waals surface area contributed by atoms with Crippen molar-refractivity contribution in [2.24, 2.45) is 0 Å². The quantitative estimate of drug-likeness (QED) is 0.793. The highest BCUT2D eigenvalue weighted by atomic mass is 32.2. The van der Waals surface area contributed by atoms with Crippen LogP contribution in [-0.4, -0.2) is 11.5 Å². The topological polar surface area (TPSA) is 24.9 Å². The van der Waals surface area contributed by atoms with Gasteiger partial charge in [0.25, 0.3) is 0 Å². The molecule has 0 saturated heterocycles. The summed E-state index contributed by atoms with van der Waals surface area (Å²) >= 11 is 1.52. The molecule has 0 aliphatic carbocycles. The third kappa shape index (κ3) is 4.83. The molecule has 0 bridgehead atoms. The van der Waals surface area contributed by atoms with Crippen LogP contribution >= 0.6 is 11.8 Å². The van der Waals surface area contributed by atoms with Gasteiger partial charge in [0.1, 0.15) is 5.82 Å². The lowest BCUT2D eigenvalue weighted by Crippen LogP contribution is -2.22. The van der Waals surface area contributed by atoms with E-state index in [4.69, 9.17) is 0 Å². The summed E-state index contributed by atoms with van der Waals surface area (Å²) in [6, 6.07) is 11.0. The molecule has 0 radical (unpaired) electrons. The number of nitrogens with one attached hydrogen (secondary N) is 1. The molecule has 0 fully saturated rings. The summed E-state index contributed by atoms with van der Waals surface area (Å²) in [7, 11) is 0. The Morgan fingerprint density at radius 3 is 2.67 bits per heavy atom. The maximum Gasteiger partial charge on any atom is 0.124 e. The first kappa shape index (κ1) is 16.0. The van der Waals surface area contributed by atoms with Crippen LogP contribution in [0.1, 0.15) is 38.4 Å². The van der Waals surface area contributed by atoms with Gasteiger partial charge in [-0.25, -0.2) is 4.39 Å². The van der Waals surface area contributed by atoms with Crippen LogP contribution in [-0.2, 0) is 0 Å². The number of pyridine rings is 1. The van der Waals surface area contributed by atoms with Gasteiger partial charge in [-0.1, -0.05) is 31.7 Å². The molecular formula is C17H21FN2S. The molecule has 0 aliphatic rings. The molecule has 21 heavy (non-hydrogen) atoms. The molecule has 112 valence electrons. The molecule has 2 aromatic rings. The molecule has 1 aromatic heterocycles. The van der Waals surface area contributed by atoms with Gasteiger partial charge in [-0.3, -0.25) is 4.98 Å². The minimum Gasteiger partial charge on any atom is -0.309 e. The van der Waals surface area contributed by atoms with Gasteiger partial charge in [0.2, 0.25) is 0 Å². The molecule has 1 N–H and O–H groups in total. The lowest BCUT2D eigenvalue weighted by molar-refractivity contribution is 0.507. The predicted octanol–water partition coefficient (Wildman–Crippen LogP) is 4.82. The first-order valence-electron chi connectivity index (χ1n) is 7.35. The van der Waals surface area contributed by atoms with Crippen LogP contribution in [0, 0.1) is 5.82 Å². The number of rotatable bonds is 7. The van der Waals surface area contributed by atoms with E-state index in [0.717, 1.165) is 34.9 Å². The Balaban J connectivity index is 2.04. The zero-order valence-corrected chi connectivity index (χ0v) is 13.3. The maximum absolute atomic E-state index is 13.2. The lowest BCUT2D eigenvalue weighted by atomic mass is 10.1. The lowest BCUT2D eigenvalue weighted by Gasteiger charge is -2.16. The average Bonchev–Trinajstić information content (AvgIpc) is 2.49. The van der Waals surface area contributed by atoms with Crippen molar-refractivity contribution in [3.8, 4) is 0 Å². The highest BCUT2D eigenvalue weighted by Crippen LogP contribution is 2.28. The molecule has 0 saturated carbocycles. The van der Waals surface area contributed by atoms with Gasteiger partial charge in [0, 0.05) is 22.0 Å². The fraction of sp³-hybridized carbons (Fsp3) is 0.353. The zero-order chi connectivity index (χ0) is 15.1. The molecule has 2 rings (SSSR count). The number of aromatic nitrogens is 1. The van der Waals surface area contributed by atoms with E-state index in [1.165, 1.54) is 23.9 Å². The van der Waals surface area contributed by atoms with Crippen molar-refractivity contribution < 1.29 is 4.39 Å². The molecule has 1 heterocycles. The molecule has 2 nitrogen and oxygen atoms in total. The van der Waals surface area contributed by atoms with Crippen LogP contribution in [0.15, 0.2) is 52.4 Å². The predicted molar refractivity (Wildman–Crippen MR) is 86.1 cm³/mol. The fourth-order valence-corrected chi connectivity index (χ4v) is 2.93. The van der Waals surface area contributed by atoms with E-state index in [-0.39, 0.29) is 5.82 Å². The SMILES string of the molecule is CCCNC(CC)c1ccc(Sc2cccc(F)c2)cn1. The number of benzene rings is 1. The standard InChI is InChI=1S/C17H21FN2S/c1-3-10-19-16(4-2)17-9-8-15(12-20-17)21-14-7-5-6-13(18)11-14/h5-9,11-12,16,19H,3-4,10H2,1-2H3. The normalized spacial score (nSPS) is 12.3. The van der Waals surface area contributed by atoms with Crippen LogP contribution in [0.25, 0.3) is 0 Å². The van der Waals surface area contributed by atoms with Gasteiger partial charge in [-0.15, -0.1) is 0 Å². The highest BCUT2D eigenvalue weighted by Gasteiger charge is 2.09. The molecule has 0 amide bonds. The van der Waals surface area contributed by atoms with E-state index >= 15 is 0 Å². The summed E-state index contributed by atoms with van der Waals surface area (Å²) in [6.07, 6.45) is 3.99. The van der Waals surface area contributed by atoms with Gasteiger partial charge in [-0.05, 0) is 49.7 Å². The first-order chi connectivity index (χ1) is 10.2. The summed E-state index contributed by atoms with van der Waals surface area (Å²) < 4.78 is 13.2. The van der Waals surface area contributed by atoms with E-state index < -0.39 is 0 Å². The minimum atomic E-state index is -0.209. The van der Waals surface area contributed by atoms with Gasteiger partial charge < -0.3 is 5.32 Å². The van der Waals surface area contributed by atoms with Gasteiger partial charge >= 0.3 is 0 Å². The zero-order valence-electron chi connectivity index (χ0n) is 12.5. The third-order valence-corrected chi connectivity index (χ3v) is 4.16.